The van der Waals surface area contributed by atoms with E-state index < -0.39 is 0 Å². The Morgan fingerprint density at radius 1 is 1.64 bits per heavy atom. The van der Waals surface area contributed by atoms with Gasteiger partial charge in [0.15, 0.2) is 0 Å². The highest BCUT2D eigenvalue weighted by atomic mass is 127. The van der Waals surface area contributed by atoms with Crippen molar-refractivity contribution >= 4 is 46.8 Å². The first kappa shape index (κ1) is 10.2. The van der Waals surface area contributed by atoms with Crippen LogP contribution in [-0.2, 0) is 4.79 Å². The van der Waals surface area contributed by atoms with Crippen molar-refractivity contribution in [3.63, 3.8) is 0 Å². The summed E-state index contributed by atoms with van der Waals surface area (Å²) in [6.45, 7) is 0.684. The molecule has 14 heavy (non-hydrogen) atoms. The summed E-state index contributed by atoms with van der Waals surface area (Å²) in [5, 5.41) is 0.151. The van der Waals surface area contributed by atoms with Crippen LogP contribution in [0.25, 0.3) is 0 Å². The van der Waals surface area contributed by atoms with Crippen molar-refractivity contribution in [1.29, 1.82) is 0 Å². The number of hydrogen-bond donors (Lipinski definition) is 1. The summed E-state index contributed by atoms with van der Waals surface area (Å²) in [6, 6.07) is 3.76. The van der Waals surface area contributed by atoms with Crippen LogP contribution in [0.4, 0.5) is 5.69 Å². The first-order valence-electron chi connectivity index (χ1n) is 4.27. The Bertz CT molecular complexity index is 372. The molecule has 5 heteroatoms. The quantitative estimate of drug-likeness (QED) is 0.486. The molecule has 1 aromatic heterocycles. The monoisotopic (exact) mass is 320 g/mol. The van der Waals surface area contributed by atoms with Gasteiger partial charge in [-0.15, -0.1) is 0 Å². The van der Waals surface area contributed by atoms with E-state index in [1.807, 2.05) is 12.1 Å². The van der Waals surface area contributed by atoms with Gasteiger partial charge in [-0.25, -0.2) is 4.98 Å². The highest BCUT2D eigenvalue weighted by Gasteiger charge is 2.29. The van der Waals surface area contributed by atoms with Crippen LogP contribution in [0, 0.1) is 3.70 Å². The van der Waals surface area contributed by atoms with E-state index in [1.54, 1.807) is 11.1 Å². The van der Waals surface area contributed by atoms with E-state index in [-0.39, 0.29) is 11.2 Å². The van der Waals surface area contributed by atoms with Gasteiger partial charge in [-0.2, -0.15) is 12.6 Å². The predicted molar refractivity (Wildman–Crippen MR) is 66.7 cm³/mol. The molecule has 1 aliphatic heterocycles. The molecular weight excluding hydrogens is 311 g/mol. The number of rotatable bonds is 1. The molecule has 0 spiro atoms. The smallest absolute Gasteiger partial charge is 0.228 e. The average molecular weight is 320 g/mol. The number of pyridine rings is 1. The van der Waals surface area contributed by atoms with E-state index in [1.165, 1.54) is 0 Å². The molecule has 2 rings (SSSR count). The van der Waals surface area contributed by atoms with Gasteiger partial charge >= 0.3 is 0 Å². The van der Waals surface area contributed by atoms with E-state index >= 15 is 0 Å². The SMILES string of the molecule is O=C1CC(S)CN1c1cccnc1I. The first-order valence-corrected chi connectivity index (χ1v) is 5.87. The summed E-state index contributed by atoms with van der Waals surface area (Å²) in [6.07, 6.45) is 2.25. The van der Waals surface area contributed by atoms with Gasteiger partial charge in [0.25, 0.3) is 0 Å². The third kappa shape index (κ3) is 1.88. The lowest BCUT2D eigenvalue weighted by Gasteiger charge is -2.16. The largest absolute Gasteiger partial charge is 0.309 e. The van der Waals surface area contributed by atoms with Crippen molar-refractivity contribution < 1.29 is 4.79 Å². The highest BCUT2D eigenvalue weighted by Crippen LogP contribution is 2.26. The number of aromatic nitrogens is 1. The molecule has 1 aliphatic rings. The molecule has 0 saturated carbocycles. The second kappa shape index (κ2) is 4.06. The second-order valence-electron chi connectivity index (χ2n) is 3.18. The van der Waals surface area contributed by atoms with Crippen molar-refractivity contribution in [1.82, 2.24) is 4.98 Å². The van der Waals surface area contributed by atoms with Crippen LogP contribution in [0.5, 0.6) is 0 Å². The number of carbonyl (C=O) groups is 1. The molecule has 1 atom stereocenters. The van der Waals surface area contributed by atoms with Crippen LogP contribution in [0.3, 0.4) is 0 Å². The Morgan fingerprint density at radius 2 is 2.43 bits per heavy atom. The van der Waals surface area contributed by atoms with Gasteiger partial charge < -0.3 is 4.90 Å². The molecule has 0 aliphatic carbocycles. The molecule has 1 saturated heterocycles. The van der Waals surface area contributed by atoms with Gasteiger partial charge in [-0.1, -0.05) is 0 Å². The summed E-state index contributed by atoms with van der Waals surface area (Å²) in [5.74, 6) is 0.135. The average Bonchev–Trinajstić information content (AvgIpc) is 2.46. The Hall–Kier alpha value is -0.300. The maximum absolute atomic E-state index is 11.6. The lowest BCUT2D eigenvalue weighted by Crippen LogP contribution is -2.25. The van der Waals surface area contributed by atoms with Crippen LogP contribution in [0.2, 0.25) is 0 Å². The lowest BCUT2D eigenvalue weighted by atomic mass is 10.4. The van der Waals surface area contributed by atoms with Crippen molar-refractivity contribution in [2.45, 2.75) is 11.7 Å². The molecule has 1 amide bonds. The molecule has 1 unspecified atom stereocenters. The van der Waals surface area contributed by atoms with Crippen LogP contribution >= 0.6 is 35.2 Å². The Labute approximate surface area is 101 Å². The zero-order valence-corrected chi connectivity index (χ0v) is 10.4. The number of hydrogen-bond acceptors (Lipinski definition) is 3. The Balaban J connectivity index is 2.32. The van der Waals surface area contributed by atoms with Crippen molar-refractivity contribution in [3.05, 3.63) is 22.0 Å². The molecule has 1 aromatic rings. The normalized spacial score (nSPS) is 21.7. The molecule has 0 radical (unpaired) electrons. The minimum Gasteiger partial charge on any atom is -0.309 e. The van der Waals surface area contributed by atoms with Gasteiger partial charge in [0.05, 0.1) is 5.69 Å². The summed E-state index contributed by atoms with van der Waals surface area (Å²) >= 11 is 6.45. The van der Waals surface area contributed by atoms with Gasteiger partial charge in [-0.3, -0.25) is 4.79 Å². The van der Waals surface area contributed by atoms with E-state index in [0.717, 1.165) is 9.39 Å². The van der Waals surface area contributed by atoms with E-state index in [2.05, 4.69) is 40.2 Å². The predicted octanol–water partition coefficient (Wildman–Crippen LogP) is 1.72. The van der Waals surface area contributed by atoms with Crippen molar-refractivity contribution in [2.75, 3.05) is 11.4 Å². The van der Waals surface area contributed by atoms with Crippen LogP contribution < -0.4 is 4.90 Å². The van der Waals surface area contributed by atoms with Crippen molar-refractivity contribution in [2.24, 2.45) is 0 Å². The lowest BCUT2D eigenvalue weighted by molar-refractivity contribution is -0.117. The Morgan fingerprint density at radius 3 is 3.00 bits per heavy atom. The fourth-order valence-corrected chi connectivity index (χ4v) is 2.45. The highest BCUT2D eigenvalue weighted by molar-refractivity contribution is 14.1. The van der Waals surface area contributed by atoms with Gasteiger partial charge in [0.2, 0.25) is 5.91 Å². The Kier molecular flexibility index (Phi) is 2.96. The zero-order chi connectivity index (χ0) is 10.1. The topological polar surface area (TPSA) is 33.2 Å². The van der Waals surface area contributed by atoms with Gasteiger partial charge in [0.1, 0.15) is 3.70 Å². The van der Waals surface area contributed by atoms with E-state index in [4.69, 9.17) is 0 Å². The molecular formula is C9H9IN2OS. The van der Waals surface area contributed by atoms with Gasteiger partial charge in [0, 0.05) is 24.4 Å². The molecule has 0 aromatic carbocycles. The number of anilines is 1. The summed E-state index contributed by atoms with van der Waals surface area (Å²) < 4.78 is 0.862. The summed E-state index contributed by atoms with van der Waals surface area (Å²) in [4.78, 5) is 17.5. The van der Waals surface area contributed by atoms with Crippen LogP contribution in [0.15, 0.2) is 18.3 Å². The number of carbonyl (C=O) groups excluding carboxylic acids is 1. The summed E-state index contributed by atoms with van der Waals surface area (Å²) in [5.41, 5.74) is 0.898. The molecule has 3 nitrogen and oxygen atoms in total. The molecule has 74 valence electrons. The first-order chi connectivity index (χ1) is 6.68. The minimum absolute atomic E-state index is 0.135. The number of thiol groups is 1. The maximum atomic E-state index is 11.6. The molecule has 2 heterocycles. The molecule has 1 fully saturated rings. The third-order valence-corrected chi connectivity index (χ3v) is 3.31. The zero-order valence-electron chi connectivity index (χ0n) is 7.35. The summed E-state index contributed by atoms with van der Waals surface area (Å²) in [7, 11) is 0. The number of amides is 1. The number of halogens is 1. The van der Waals surface area contributed by atoms with Crippen LogP contribution in [0.1, 0.15) is 6.42 Å². The number of nitrogens with zero attached hydrogens (tertiary/aromatic N) is 2. The second-order valence-corrected chi connectivity index (χ2v) is 4.93. The standard InChI is InChI=1S/C9H9IN2OS/c10-9-7(2-1-3-11-9)12-5-6(14)4-8(12)13/h1-3,6,14H,4-5H2. The fraction of sp³-hybridized carbons (Fsp3) is 0.333. The maximum Gasteiger partial charge on any atom is 0.228 e. The van der Waals surface area contributed by atoms with E-state index in [0.29, 0.717) is 13.0 Å². The molecule has 0 bridgehead atoms. The fourth-order valence-electron chi connectivity index (χ4n) is 1.50. The van der Waals surface area contributed by atoms with Crippen molar-refractivity contribution in [3.8, 4) is 0 Å². The van der Waals surface area contributed by atoms with Crippen LogP contribution in [-0.4, -0.2) is 22.7 Å². The van der Waals surface area contributed by atoms with Gasteiger partial charge in [-0.05, 0) is 34.7 Å². The third-order valence-electron chi connectivity index (χ3n) is 2.13. The molecule has 0 N–H and O–H groups in total. The van der Waals surface area contributed by atoms with E-state index in [9.17, 15) is 4.79 Å². The minimum atomic E-state index is 0.135.